The molecule has 23 heavy (non-hydrogen) atoms. The highest BCUT2D eigenvalue weighted by Gasteiger charge is 2.22. The van der Waals surface area contributed by atoms with Gasteiger partial charge in [0.1, 0.15) is 0 Å². The van der Waals surface area contributed by atoms with Crippen LogP contribution < -0.4 is 5.32 Å². The third kappa shape index (κ3) is 3.66. The van der Waals surface area contributed by atoms with Gasteiger partial charge in [0, 0.05) is 10.5 Å². The lowest BCUT2D eigenvalue weighted by atomic mass is 9.87. The predicted molar refractivity (Wildman–Crippen MR) is 94.9 cm³/mol. The Bertz CT molecular complexity index is 685. The molecule has 1 N–H and O–H groups in total. The lowest BCUT2D eigenvalue weighted by Gasteiger charge is -2.26. The highest BCUT2D eigenvalue weighted by molar-refractivity contribution is 9.10. The fourth-order valence-electron chi connectivity index (χ4n) is 3.14. The molecule has 1 aromatic heterocycles. The van der Waals surface area contributed by atoms with E-state index in [1.54, 1.807) is 6.20 Å². The average molecular weight is 376 g/mol. The summed E-state index contributed by atoms with van der Waals surface area (Å²) in [5, 5.41) is 7.55. The van der Waals surface area contributed by atoms with E-state index in [0.29, 0.717) is 11.6 Å². The second-order valence-electron chi connectivity index (χ2n) is 6.46. The minimum atomic E-state index is -0.00888. The Hall–Kier alpha value is -1.62. The SMILES string of the molecule is Cc1c(C(=O)NC2CCC(C)CC2)cnn1-c1ccc(Br)cc1. The summed E-state index contributed by atoms with van der Waals surface area (Å²) in [6.07, 6.45) is 6.21. The van der Waals surface area contributed by atoms with Crippen molar-refractivity contribution in [1.29, 1.82) is 0 Å². The van der Waals surface area contributed by atoms with E-state index in [1.807, 2.05) is 35.9 Å². The van der Waals surface area contributed by atoms with Gasteiger partial charge in [0.15, 0.2) is 0 Å². The summed E-state index contributed by atoms with van der Waals surface area (Å²) < 4.78 is 2.83. The number of nitrogens with one attached hydrogen (secondary N) is 1. The molecule has 1 aromatic carbocycles. The zero-order valence-electron chi connectivity index (χ0n) is 13.6. The lowest BCUT2D eigenvalue weighted by Crippen LogP contribution is -2.37. The molecule has 1 amide bonds. The molecular weight excluding hydrogens is 354 g/mol. The molecule has 2 aromatic rings. The van der Waals surface area contributed by atoms with E-state index in [-0.39, 0.29) is 5.91 Å². The molecule has 0 aliphatic heterocycles. The number of rotatable bonds is 3. The number of benzene rings is 1. The van der Waals surface area contributed by atoms with Gasteiger partial charge in [0.05, 0.1) is 23.1 Å². The maximum absolute atomic E-state index is 12.5. The van der Waals surface area contributed by atoms with Crippen LogP contribution in [0.4, 0.5) is 0 Å². The Kier molecular flexibility index (Phi) is 4.85. The first-order valence-corrected chi connectivity index (χ1v) is 8.95. The van der Waals surface area contributed by atoms with Gasteiger partial charge in [0.2, 0.25) is 0 Å². The number of nitrogens with zero attached hydrogens (tertiary/aromatic N) is 2. The van der Waals surface area contributed by atoms with Gasteiger partial charge in [0.25, 0.3) is 5.91 Å². The monoisotopic (exact) mass is 375 g/mol. The molecule has 0 bridgehead atoms. The highest BCUT2D eigenvalue weighted by atomic mass is 79.9. The zero-order chi connectivity index (χ0) is 16.4. The minimum Gasteiger partial charge on any atom is -0.349 e. The first-order valence-electron chi connectivity index (χ1n) is 8.16. The topological polar surface area (TPSA) is 46.9 Å². The van der Waals surface area contributed by atoms with Gasteiger partial charge in [-0.3, -0.25) is 4.79 Å². The number of carbonyl (C=O) groups is 1. The zero-order valence-corrected chi connectivity index (χ0v) is 15.1. The number of carbonyl (C=O) groups excluding carboxylic acids is 1. The maximum atomic E-state index is 12.5. The molecule has 1 aliphatic carbocycles. The fourth-order valence-corrected chi connectivity index (χ4v) is 3.41. The molecule has 0 unspecified atom stereocenters. The van der Waals surface area contributed by atoms with Crippen LogP contribution in [0.3, 0.4) is 0 Å². The summed E-state index contributed by atoms with van der Waals surface area (Å²) >= 11 is 3.43. The molecule has 0 spiro atoms. The van der Waals surface area contributed by atoms with Crippen LogP contribution >= 0.6 is 15.9 Å². The molecule has 1 fully saturated rings. The number of hydrogen-bond acceptors (Lipinski definition) is 2. The summed E-state index contributed by atoms with van der Waals surface area (Å²) in [5.41, 5.74) is 2.48. The molecular formula is C18H22BrN3O. The summed E-state index contributed by atoms with van der Waals surface area (Å²) in [4.78, 5) is 12.5. The van der Waals surface area contributed by atoms with Gasteiger partial charge >= 0.3 is 0 Å². The van der Waals surface area contributed by atoms with Gasteiger partial charge < -0.3 is 5.32 Å². The van der Waals surface area contributed by atoms with Crippen LogP contribution in [-0.4, -0.2) is 21.7 Å². The van der Waals surface area contributed by atoms with Crippen molar-refractivity contribution in [2.75, 3.05) is 0 Å². The minimum absolute atomic E-state index is 0.00888. The molecule has 3 rings (SSSR count). The summed E-state index contributed by atoms with van der Waals surface area (Å²) in [6, 6.07) is 8.20. The molecule has 122 valence electrons. The van der Waals surface area contributed by atoms with Crippen molar-refractivity contribution in [3.8, 4) is 5.69 Å². The first kappa shape index (κ1) is 16.2. The van der Waals surface area contributed by atoms with Crippen molar-refractivity contribution in [2.24, 2.45) is 5.92 Å². The van der Waals surface area contributed by atoms with Gasteiger partial charge in [-0.25, -0.2) is 4.68 Å². The molecule has 0 atom stereocenters. The molecule has 0 radical (unpaired) electrons. The van der Waals surface area contributed by atoms with Crippen LogP contribution in [0.1, 0.15) is 48.7 Å². The number of halogens is 1. The van der Waals surface area contributed by atoms with E-state index >= 15 is 0 Å². The van der Waals surface area contributed by atoms with E-state index in [4.69, 9.17) is 0 Å². The van der Waals surface area contributed by atoms with Crippen molar-refractivity contribution in [2.45, 2.75) is 45.6 Å². The standard InChI is InChI=1S/C18H22BrN3O/c1-12-3-7-15(8-4-12)21-18(23)17-11-20-22(13(17)2)16-9-5-14(19)6-10-16/h5-6,9-12,15H,3-4,7-8H2,1-2H3,(H,21,23). The van der Waals surface area contributed by atoms with Gasteiger partial charge in [-0.2, -0.15) is 5.10 Å². The summed E-state index contributed by atoms with van der Waals surface area (Å²) in [7, 11) is 0. The smallest absolute Gasteiger partial charge is 0.254 e. The van der Waals surface area contributed by atoms with Crippen molar-refractivity contribution in [3.63, 3.8) is 0 Å². The van der Waals surface area contributed by atoms with Crippen LogP contribution in [0.2, 0.25) is 0 Å². The first-order chi connectivity index (χ1) is 11.0. The van der Waals surface area contributed by atoms with Crippen LogP contribution in [-0.2, 0) is 0 Å². The Labute approximate surface area is 145 Å². The fraction of sp³-hybridized carbons (Fsp3) is 0.444. The third-order valence-corrected chi connectivity index (χ3v) is 5.21. The Morgan fingerprint density at radius 2 is 1.87 bits per heavy atom. The van der Waals surface area contributed by atoms with Gasteiger partial charge in [-0.1, -0.05) is 22.9 Å². The normalized spacial score (nSPS) is 21.2. The Balaban J connectivity index is 1.73. The number of hydrogen-bond donors (Lipinski definition) is 1. The molecule has 1 aliphatic rings. The van der Waals surface area contributed by atoms with Crippen LogP contribution in [0.15, 0.2) is 34.9 Å². The van der Waals surface area contributed by atoms with E-state index in [0.717, 1.165) is 34.6 Å². The van der Waals surface area contributed by atoms with Crippen molar-refractivity contribution < 1.29 is 4.79 Å². The quantitative estimate of drug-likeness (QED) is 0.871. The van der Waals surface area contributed by atoms with E-state index < -0.39 is 0 Å². The summed E-state index contributed by atoms with van der Waals surface area (Å²) in [5.74, 6) is 0.774. The van der Waals surface area contributed by atoms with Gasteiger partial charge in [-0.05, 0) is 62.8 Å². The number of aromatic nitrogens is 2. The van der Waals surface area contributed by atoms with E-state index in [9.17, 15) is 4.79 Å². The largest absolute Gasteiger partial charge is 0.349 e. The van der Waals surface area contributed by atoms with Crippen molar-refractivity contribution >= 4 is 21.8 Å². The third-order valence-electron chi connectivity index (χ3n) is 4.68. The van der Waals surface area contributed by atoms with Crippen LogP contribution in [0.5, 0.6) is 0 Å². The Morgan fingerprint density at radius 3 is 2.52 bits per heavy atom. The molecule has 5 heteroatoms. The predicted octanol–water partition coefficient (Wildman–Crippen LogP) is 4.25. The average Bonchev–Trinajstić information content (AvgIpc) is 2.92. The second-order valence-corrected chi connectivity index (χ2v) is 7.38. The van der Waals surface area contributed by atoms with Gasteiger partial charge in [-0.15, -0.1) is 0 Å². The maximum Gasteiger partial charge on any atom is 0.254 e. The molecule has 0 saturated heterocycles. The van der Waals surface area contributed by atoms with E-state index in [2.05, 4.69) is 33.3 Å². The number of amides is 1. The lowest BCUT2D eigenvalue weighted by molar-refractivity contribution is 0.0922. The van der Waals surface area contributed by atoms with Crippen molar-refractivity contribution in [3.05, 3.63) is 46.2 Å². The van der Waals surface area contributed by atoms with Crippen LogP contribution in [0, 0.1) is 12.8 Å². The van der Waals surface area contributed by atoms with E-state index in [1.165, 1.54) is 12.8 Å². The molecule has 4 nitrogen and oxygen atoms in total. The highest BCUT2D eigenvalue weighted by Crippen LogP contribution is 2.24. The molecule has 1 heterocycles. The second kappa shape index (κ2) is 6.87. The van der Waals surface area contributed by atoms with Crippen molar-refractivity contribution in [1.82, 2.24) is 15.1 Å². The summed E-state index contributed by atoms with van der Waals surface area (Å²) in [6.45, 7) is 4.22. The Morgan fingerprint density at radius 1 is 1.22 bits per heavy atom. The molecule has 1 saturated carbocycles. The van der Waals surface area contributed by atoms with Crippen LogP contribution in [0.25, 0.3) is 5.69 Å².